The maximum absolute atomic E-state index is 11.6. The van der Waals surface area contributed by atoms with Crippen molar-refractivity contribution in [3.63, 3.8) is 0 Å². The van der Waals surface area contributed by atoms with Gasteiger partial charge in [-0.1, -0.05) is 17.3 Å². The normalized spacial score (nSPS) is 11.7. The monoisotopic (exact) mass is 332 g/mol. The highest BCUT2D eigenvalue weighted by atomic mass is 32.2. The van der Waals surface area contributed by atoms with Crippen molar-refractivity contribution >= 4 is 26.9 Å². The van der Waals surface area contributed by atoms with E-state index in [1.54, 1.807) is 24.3 Å². The molecule has 0 fully saturated rings. The van der Waals surface area contributed by atoms with E-state index < -0.39 is 15.7 Å². The zero-order chi connectivity index (χ0) is 16.6. The van der Waals surface area contributed by atoms with Crippen molar-refractivity contribution in [2.24, 2.45) is 5.73 Å². The van der Waals surface area contributed by atoms with E-state index in [2.05, 4.69) is 20.3 Å². The van der Waals surface area contributed by atoms with Crippen molar-refractivity contribution in [2.75, 3.05) is 6.26 Å². The number of amides is 1. The summed E-state index contributed by atoms with van der Waals surface area (Å²) >= 11 is 0. The molecule has 1 aromatic carbocycles. The molecule has 118 valence electrons. The molecule has 3 aromatic rings. The van der Waals surface area contributed by atoms with Crippen molar-refractivity contribution in [3.05, 3.63) is 36.0 Å². The second kappa shape index (κ2) is 5.39. The molecule has 0 unspecified atom stereocenters. The number of aromatic nitrogens is 5. The highest BCUT2D eigenvalue weighted by Crippen LogP contribution is 2.16. The molecule has 1 amide bonds. The topological polar surface area (TPSA) is 134 Å². The molecule has 23 heavy (non-hydrogen) atoms. The lowest BCUT2D eigenvalue weighted by atomic mass is 10.1. The third-order valence-corrected chi connectivity index (χ3v) is 3.90. The Labute approximate surface area is 131 Å². The number of nitrogens with zero attached hydrogens (tertiary/aromatic N) is 5. The van der Waals surface area contributed by atoms with Gasteiger partial charge in [0.25, 0.3) is 0 Å². The quantitative estimate of drug-likeness (QED) is 0.645. The Bertz CT molecular complexity index is 1010. The number of benzene rings is 1. The number of carbonyl (C=O) groups is 1. The van der Waals surface area contributed by atoms with Gasteiger partial charge in [0.05, 0.1) is 18.3 Å². The van der Waals surface area contributed by atoms with Gasteiger partial charge in [-0.2, -0.15) is 9.67 Å². The van der Waals surface area contributed by atoms with Crippen LogP contribution in [0.25, 0.3) is 16.9 Å². The van der Waals surface area contributed by atoms with Gasteiger partial charge in [0.2, 0.25) is 20.9 Å². The Balaban J connectivity index is 2.15. The minimum absolute atomic E-state index is 0.0873. The summed E-state index contributed by atoms with van der Waals surface area (Å²) in [6.07, 6.45) is 2.41. The Morgan fingerprint density at radius 3 is 2.83 bits per heavy atom. The summed E-state index contributed by atoms with van der Waals surface area (Å²) in [6, 6.07) is 6.94. The highest BCUT2D eigenvalue weighted by molar-refractivity contribution is 7.90. The standard InChI is InChI=1S/C13H12N6O3S/c1-23(21,22)13-15-7-10-12(16-13)19(18-17-10)9-4-2-3-8(5-9)6-11(14)20/h2-5,7H,6H2,1H3,(H2,14,20). The van der Waals surface area contributed by atoms with E-state index >= 15 is 0 Å². The first-order valence-corrected chi connectivity index (χ1v) is 8.40. The van der Waals surface area contributed by atoms with Crippen LogP contribution in [0.5, 0.6) is 0 Å². The number of carbonyl (C=O) groups excluding carboxylic acids is 1. The van der Waals surface area contributed by atoms with E-state index in [4.69, 9.17) is 5.73 Å². The fourth-order valence-electron chi connectivity index (χ4n) is 2.06. The average molecular weight is 332 g/mol. The van der Waals surface area contributed by atoms with Crippen LogP contribution in [0, 0.1) is 0 Å². The molecule has 0 atom stereocenters. The molecule has 0 saturated carbocycles. The number of hydrogen-bond donors (Lipinski definition) is 1. The summed E-state index contributed by atoms with van der Waals surface area (Å²) in [4.78, 5) is 18.8. The molecule has 3 rings (SSSR count). The maximum Gasteiger partial charge on any atom is 0.248 e. The molecule has 0 aliphatic heterocycles. The molecule has 0 spiro atoms. The van der Waals surface area contributed by atoms with Gasteiger partial charge >= 0.3 is 0 Å². The van der Waals surface area contributed by atoms with Gasteiger partial charge in [-0.3, -0.25) is 4.79 Å². The molecular formula is C13H12N6O3S. The Hall–Kier alpha value is -2.88. The molecule has 0 bridgehead atoms. The highest BCUT2D eigenvalue weighted by Gasteiger charge is 2.16. The van der Waals surface area contributed by atoms with Crippen LogP contribution in [-0.2, 0) is 21.1 Å². The number of sulfone groups is 1. The van der Waals surface area contributed by atoms with Gasteiger partial charge in [0.15, 0.2) is 11.2 Å². The van der Waals surface area contributed by atoms with Crippen molar-refractivity contribution in [1.82, 2.24) is 25.0 Å². The van der Waals surface area contributed by atoms with E-state index in [-0.39, 0.29) is 17.2 Å². The Morgan fingerprint density at radius 2 is 2.13 bits per heavy atom. The van der Waals surface area contributed by atoms with Gasteiger partial charge in [0.1, 0.15) is 0 Å². The second-order valence-electron chi connectivity index (χ2n) is 4.95. The molecule has 10 heteroatoms. The minimum atomic E-state index is -3.55. The lowest BCUT2D eigenvalue weighted by molar-refractivity contribution is -0.117. The first-order chi connectivity index (χ1) is 10.8. The van der Waals surface area contributed by atoms with Gasteiger partial charge in [-0.25, -0.2) is 13.4 Å². The van der Waals surface area contributed by atoms with E-state index in [0.717, 1.165) is 6.26 Å². The third-order valence-electron chi connectivity index (χ3n) is 3.04. The van der Waals surface area contributed by atoms with Crippen LogP contribution in [0.3, 0.4) is 0 Å². The average Bonchev–Trinajstić information content (AvgIpc) is 2.89. The molecule has 0 saturated heterocycles. The fourth-order valence-corrected chi connectivity index (χ4v) is 2.56. The van der Waals surface area contributed by atoms with Crippen LogP contribution in [0.1, 0.15) is 5.56 Å². The van der Waals surface area contributed by atoms with E-state index in [1.807, 2.05) is 0 Å². The number of hydrogen-bond acceptors (Lipinski definition) is 7. The summed E-state index contributed by atoms with van der Waals surface area (Å²) in [5.41, 5.74) is 7.10. The number of rotatable bonds is 4. The van der Waals surface area contributed by atoms with Crippen molar-refractivity contribution in [3.8, 4) is 5.69 Å². The number of nitrogens with two attached hydrogens (primary N) is 1. The number of primary amides is 1. The van der Waals surface area contributed by atoms with Gasteiger partial charge in [-0.05, 0) is 17.7 Å². The molecule has 9 nitrogen and oxygen atoms in total. The molecule has 2 N–H and O–H groups in total. The first kappa shape index (κ1) is 15.0. The van der Waals surface area contributed by atoms with E-state index in [1.165, 1.54) is 10.9 Å². The molecule has 0 aliphatic rings. The van der Waals surface area contributed by atoms with Crippen LogP contribution in [0.15, 0.2) is 35.6 Å². The summed E-state index contributed by atoms with van der Waals surface area (Å²) in [5, 5.41) is 7.57. The predicted molar refractivity (Wildman–Crippen MR) is 80.5 cm³/mol. The van der Waals surface area contributed by atoms with Gasteiger partial charge in [-0.15, -0.1) is 5.10 Å². The van der Waals surface area contributed by atoms with E-state index in [9.17, 15) is 13.2 Å². The minimum Gasteiger partial charge on any atom is -0.369 e. The van der Waals surface area contributed by atoms with Crippen LogP contribution >= 0.6 is 0 Å². The second-order valence-corrected chi connectivity index (χ2v) is 6.86. The molecule has 0 aliphatic carbocycles. The van der Waals surface area contributed by atoms with Crippen LogP contribution in [0.4, 0.5) is 0 Å². The molecule has 2 heterocycles. The lowest BCUT2D eigenvalue weighted by Gasteiger charge is -2.04. The summed E-state index contributed by atoms with van der Waals surface area (Å²) in [7, 11) is -3.55. The van der Waals surface area contributed by atoms with Gasteiger partial charge < -0.3 is 5.73 Å². The largest absolute Gasteiger partial charge is 0.369 e. The summed E-state index contributed by atoms with van der Waals surface area (Å²) < 4.78 is 24.6. The van der Waals surface area contributed by atoms with Crippen LogP contribution < -0.4 is 5.73 Å². The van der Waals surface area contributed by atoms with Gasteiger partial charge in [0, 0.05) is 6.26 Å². The lowest BCUT2D eigenvalue weighted by Crippen LogP contribution is -2.13. The van der Waals surface area contributed by atoms with Crippen LogP contribution in [-0.4, -0.2) is 45.5 Å². The van der Waals surface area contributed by atoms with E-state index in [0.29, 0.717) is 16.8 Å². The predicted octanol–water partition coefficient (Wildman–Crippen LogP) is -0.358. The first-order valence-electron chi connectivity index (χ1n) is 6.51. The third kappa shape index (κ3) is 3.01. The Morgan fingerprint density at radius 1 is 1.35 bits per heavy atom. The molecular weight excluding hydrogens is 320 g/mol. The smallest absolute Gasteiger partial charge is 0.248 e. The van der Waals surface area contributed by atoms with Crippen molar-refractivity contribution < 1.29 is 13.2 Å². The summed E-state index contributed by atoms with van der Waals surface area (Å²) in [6.45, 7) is 0. The molecule has 0 radical (unpaired) electrons. The van der Waals surface area contributed by atoms with Crippen molar-refractivity contribution in [1.29, 1.82) is 0 Å². The van der Waals surface area contributed by atoms with Crippen molar-refractivity contribution in [2.45, 2.75) is 11.6 Å². The maximum atomic E-state index is 11.6. The fraction of sp³-hybridized carbons (Fsp3) is 0.154. The zero-order valence-corrected chi connectivity index (χ0v) is 12.9. The number of fused-ring (bicyclic) bond motifs is 1. The van der Waals surface area contributed by atoms with Crippen LogP contribution in [0.2, 0.25) is 0 Å². The summed E-state index contributed by atoms with van der Waals surface area (Å²) in [5.74, 6) is -0.452. The zero-order valence-electron chi connectivity index (χ0n) is 12.0. The molecule has 2 aromatic heterocycles. The SMILES string of the molecule is CS(=O)(=O)c1ncc2nnn(-c3cccc(CC(N)=O)c3)c2n1. The Kier molecular flexibility index (Phi) is 3.52.